The van der Waals surface area contributed by atoms with Gasteiger partial charge < -0.3 is 15.0 Å². The third kappa shape index (κ3) is 6.69. The van der Waals surface area contributed by atoms with Crippen LogP contribution in [-0.2, 0) is 26.2 Å². The van der Waals surface area contributed by atoms with Crippen LogP contribution in [0.2, 0.25) is 0 Å². The fourth-order valence-electron chi connectivity index (χ4n) is 3.90. The van der Waals surface area contributed by atoms with Crippen LogP contribution < -0.4 is 14.4 Å². The minimum atomic E-state index is -4.28. The summed E-state index contributed by atoms with van der Waals surface area (Å²) in [4.78, 5) is 27.5. The summed E-state index contributed by atoms with van der Waals surface area (Å²) in [6, 6.07) is 17.2. The monoisotopic (exact) mass is 541 g/mol. The summed E-state index contributed by atoms with van der Waals surface area (Å²) in [5.74, 6) is -1.02. The van der Waals surface area contributed by atoms with E-state index >= 15 is 0 Å². The molecular weight excluding hydrogens is 509 g/mol. The van der Waals surface area contributed by atoms with E-state index in [9.17, 15) is 22.4 Å². The molecule has 0 bridgehead atoms. The Morgan fingerprint density at radius 3 is 2.21 bits per heavy atom. The topological polar surface area (TPSA) is 96.0 Å². The number of nitrogens with one attached hydrogen (secondary N) is 1. The number of rotatable bonds is 11. The quantitative estimate of drug-likeness (QED) is 0.397. The first-order valence-corrected chi connectivity index (χ1v) is 13.6. The van der Waals surface area contributed by atoms with Gasteiger partial charge in [-0.05, 0) is 80.4 Å². The van der Waals surface area contributed by atoms with Crippen molar-refractivity contribution in [2.75, 3.05) is 24.5 Å². The highest BCUT2D eigenvalue weighted by Gasteiger charge is 2.32. The van der Waals surface area contributed by atoms with Gasteiger partial charge in [0.05, 0.1) is 17.2 Å². The third-order valence-corrected chi connectivity index (χ3v) is 7.92. The molecule has 2 amide bonds. The number of hydrogen-bond donors (Lipinski definition) is 1. The van der Waals surface area contributed by atoms with Gasteiger partial charge in [-0.1, -0.05) is 24.3 Å². The molecule has 0 spiro atoms. The minimum Gasteiger partial charge on any atom is -0.494 e. The predicted octanol–water partition coefficient (Wildman–Crippen LogP) is 3.89. The Labute approximate surface area is 223 Å². The number of benzene rings is 3. The van der Waals surface area contributed by atoms with E-state index < -0.39 is 34.3 Å². The molecule has 0 saturated carbocycles. The van der Waals surface area contributed by atoms with Gasteiger partial charge >= 0.3 is 0 Å². The molecule has 0 radical (unpaired) electrons. The van der Waals surface area contributed by atoms with Crippen LogP contribution in [0.5, 0.6) is 5.75 Å². The lowest BCUT2D eigenvalue weighted by Gasteiger charge is -2.32. The van der Waals surface area contributed by atoms with E-state index in [4.69, 9.17) is 4.74 Å². The van der Waals surface area contributed by atoms with Gasteiger partial charge in [0.1, 0.15) is 24.2 Å². The van der Waals surface area contributed by atoms with Crippen LogP contribution in [-0.4, -0.2) is 51.4 Å². The number of sulfonamides is 1. The lowest BCUT2D eigenvalue weighted by Crippen LogP contribution is -2.50. The molecule has 0 aliphatic rings. The van der Waals surface area contributed by atoms with Crippen LogP contribution in [0.25, 0.3) is 0 Å². The van der Waals surface area contributed by atoms with Gasteiger partial charge in [0.25, 0.3) is 10.0 Å². The molecule has 3 aromatic carbocycles. The van der Waals surface area contributed by atoms with Gasteiger partial charge in [-0.3, -0.25) is 13.9 Å². The maximum Gasteiger partial charge on any atom is 0.264 e. The van der Waals surface area contributed by atoms with E-state index in [2.05, 4.69) is 5.32 Å². The molecule has 1 N–H and O–H groups in total. The molecule has 8 nitrogen and oxygen atoms in total. The van der Waals surface area contributed by atoms with E-state index in [1.165, 1.54) is 24.1 Å². The first kappa shape index (κ1) is 28.6. The highest BCUT2D eigenvalue weighted by molar-refractivity contribution is 7.92. The Bertz CT molecular complexity index is 1360. The van der Waals surface area contributed by atoms with Crippen LogP contribution in [0, 0.1) is 12.7 Å². The first-order valence-electron chi connectivity index (χ1n) is 12.1. The Kier molecular flexibility index (Phi) is 9.46. The van der Waals surface area contributed by atoms with Gasteiger partial charge in [0.15, 0.2) is 0 Å². The molecule has 10 heteroatoms. The van der Waals surface area contributed by atoms with Gasteiger partial charge in [0.2, 0.25) is 11.8 Å². The Hall–Kier alpha value is -3.92. The Morgan fingerprint density at radius 1 is 1.00 bits per heavy atom. The molecular formula is C28H32FN3O5S. The summed E-state index contributed by atoms with van der Waals surface area (Å²) < 4.78 is 47.4. The maximum absolute atomic E-state index is 13.8. The van der Waals surface area contributed by atoms with E-state index in [0.717, 1.165) is 39.7 Å². The Balaban J connectivity index is 2.04. The number of aryl methyl sites for hydroxylation is 1. The van der Waals surface area contributed by atoms with Crippen molar-refractivity contribution >= 4 is 27.5 Å². The number of nitrogens with zero attached hydrogens (tertiary/aromatic N) is 2. The van der Waals surface area contributed by atoms with E-state index in [1.54, 1.807) is 19.1 Å². The summed E-state index contributed by atoms with van der Waals surface area (Å²) in [6.45, 7) is 5.27. The van der Waals surface area contributed by atoms with Crippen LogP contribution >= 0.6 is 0 Å². The standard InChI is InChI=1S/C28H32FN3O5S/c1-5-37-25-14-12-24(13-15-25)32(38(35,36)26-16-10-23(29)11-17-26)19-27(33)31(21(3)28(34)30-4)18-22-9-7-6-8-20(22)2/h6-17,21H,5,18-19H2,1-4H3,(H,30,34)/t21-/m1/s1. The van der Waals surface area contributed by atoms with Crippen LogP contribution in [0.15, 0.2) is 77.7 Å². The van der Waals surface area contributed by atoms with Crippen LogP contribution in [0.3, 0.4) is 0 Å². The second kappa shape index (κ2) is 12.6. The molecule has 0 fully saturated rings. The average molecular weight is 542 g/mol. The zero-order chi connectivity index (χ0) is 27.9. The van der Waals surface area contributed by atoms with Crippen molar-refractivity contribution in [1.82, 2.24) is 10.2 Å². The third-order valence-electron chi connectivity index (χ3n) is 6.13. The zero-order valence-electron chi connectivity index (χ0n) is 21.8. The van der Waals surface area contributed by atoms with E-state index in [0.29, 0.717) is 12.4 Å². The fourth-order valence-corrected chi connectivity index (χ4v) is 5.31. The number of amides is 2. The summed E-state index contributed by atoms with van der Waals surface area (Å²) in [5.41, 5.74) is 1.97. The fraction of sp³-hybridized carbons (Fsp3) is 0.286. The van der Waals surface area contributed by atoms with Crippen LogP contribution in [0.1, 0.15) is 25.0 Å². The van der Waals surface area contributed by atoms with Gasteiger partial charge in [-0.25, -0.2) is 12.8 Å². The predicted molar refractivity (Wildman–Crippen MR) is 144 cm³/mol. The number of hydrogen-bond acceptors (Lipinski definition) is 5. The number of likely N-dealkylation sites (N-methyl/N-ethyl adjacent to an activating group) is 1. The number of carbonyl (C=O) groups excluding carboxylic acids is 2. The molecule has 0 aliphatic carbocycles. The number of halogens is 1. The average Bonchev–Trinajstić information content (AvgIpc) is 2.91. The second-order valence-corrected chi connectivity index (χ2v) is 10.5. The highest BCUT2D eigenvalue weighted by atomic mass is 32.2. The highest BCUT2D eigenvalue weighted by Crippen LogP contribution is 2.27. The molecule has 38 heavy (non-hydrogen) atoms. The van der Waals surface area contributed by atoms with Crippen molar-refractivity contribution < 1.29 is 27.1 Å². The normalized spacial score (nSPS) is 11.9. The number of ether oxygens (including phenoxy) is 1. The van der Waals surface area contributed by atoms with Crippen molar-refractivity contribution in [2.45, 2.75) is 38.3 Å². The maximum atomic E-state index is 13.8. The molecule has 0 saturated heterocycles. The summed E-state index contributed by atoms with van der Waals surface area (Å²) >= 11 is 0. The lowest BCUT2D eigenvalue weighted by atomic mass is 10.1. The van der Waals surface area contributed by atoms with Crippen molar-refractivity contribution in [3.63, 3.8) is 0 Å². The second-order valence-electron chi connectivity index (χ2n) is 8.63. The largest absolute Gasteiger partial charge is 0.494 e. The number of carbonyl (C=O) groups is 2. The molecule has 3 aromatic rings. The van der Waals surface area contributed by atoms with Crippen molar-refractivity contribution in [2.24, 2.45) is 0 Å². The molecule has 0 unspecified atom stereocenters. The van der Waals surface area contributed by atoms with Gasteiger partial charge in [-0.2, -0.15) is 0 Å². The van der Waals surface area contributed by atoms with Crippen LogP contribution in [0.4, 0.5) is 10.1 Å². The number of anilines is 1. The molecule has 0 aromatic heterocycles. The molecule has 0 heterocycles. The smallest absolute Gasteiger partial charge is 0.264 e. The molecule has 3 rings (SSSR count). The summed E-state index contributed by atoms with van der Waals surface area (Å²) in [7, 11) is -2.81. The van der Waals surface area contributed by atoms with E-state index in [-0.39, 0.29) is 23.0 Å². The molecule has 0 aliphatic heterocycles. The van der Waals surface area contributed by atoms with Crippen molar-refractivity contribution in [1.29, 1.82) is 0 Å². The minimum absolute atomic E-state index is 0.105. The van der Waals surface area contributed by atoms with Crippen molar-refractivity contribution in [3.05, 3.63) is 89.7 Å². The summed E-state index contributed by atoms with van der Waals surface area (Å²) in [6.07, 6.45) is 0. The van der Waals surface area contributed by atoms with E-state index in [1.807, 2.05) is 38.1 Å². The van der Waals surface area contributed by atoms with Gasteiger partial charge in [0, 0.05) is 13.6 Å². The molecule has 1 atom stereocenters. The molecule has 202 valence electrons. The van der Waals surface area contributed by atoms with Gasteiger partial charge in [-0.15, -0.1) is 0 Å². The Morgan fingerprint density at radius 2 is 1.63 bits per heavy atom. The first-order chi connectivity index (χ1) is 18.1. The zero-order valence-corrected chi connectivity index (χ0v) is 22.7. The summed E-state index contributed by atoms with van der Waals surface area (Å²) in [5, 5.41) is 2.55. The SMILES string of the molecule is CCOc1ccc(N(CC(=O)N(Cc2ccccc2C)[C@H](C)C(=O)NC)S(=O)(=O)c2ccc(F)cc2)cc1. The lowest BCUT2D eigenvalue weighted by molar-refractivity contribution is -0.139. The van der Waals surface area contributed by atoms with Crippen molar-refractivity contribution in [3.8, 4) is 5.75 Å².